The van der Waals surface area contributed by atoms with Gasteiger partial charge in [0, 0.05) is 37.0 Å². The number of amides is 1. The molecule has 0 saturated heterocycles. The van der Waals surface area contributed by atoms with Crippen LogP contribution in [-0.4, -0.2) is 29.9 Å². The Balaban J connectivity index is 1.56. The van der Waals surface area contributed by atoms with E-state index in [1.807, 2.05) is 36.4 Å². The Morgan fingerprint density at radius 1 is 0.862 bits per heavy atom. The van der Waals surface area contributed by atoms with E-state index in [1.54, 1.807) is 19.0 Å². The summed E-state index contributed by atoms with van der Waals surface area (Å²) in [6, 6.07) is 24.9. The third-order valence-electron chi connectivity index (χ3n) is 5.17. The van der Waals surface area contributed by atoms with Gasteiger partial charge in [0.1, 0.15) is 0 Å². The van der Waals surface area contributed by atoms with Gasteiger partial charge in [-0.3, -0.25) is 4.79 Å². The molecule has 0 spiro atoms. The summed E-state index contributed by atoms with van der Waals surface area (Å²) in [4.78, 5) is 18.1. The van der Waals surface area contributed by atoms with E-state index in [0.29, 0.717) is 6.42 Å². The van der Waals surface area contributed by atoms with Gasteiger partial charge >= 0.3 is 0 Å². The van der Waals surface area contributed by atoms with Crippen LogP contribution in [0.4, 0.5) is 11.4 Å². The molecule has 0 fully saturated rings. The van der Waals surface area contributed by atoms with E-state index in [1.165, 1.54) is 5.56 Å². The summed E-state index contributed by atoms with van der Waals surface area (Å²) < 4.78 is 0. The number of nitrogens with one attached hydrogen (secondary N) is 1. The lowest BCUT2D eigenvalue weighted by Crippen LogP contribution is -2.21. The molecule has 0 aliphatic heterocycles. The van der Waals surface area contributed by atoms with Gasteiger partial charge in [0.2, 0.25) is 5.91 Å². The van der Waals surface area contributed by atoms with Gasteiger partial charge in [-0.05, 0) is 42.7 Å². The van der Waals surface area contributed by atoms with Gasteiger partial charge in [-0.2, -0.15) is 0 Å². The third-order valence-corrected chi connectivity index (χ3v) is 5.17. The molecule has 1 amide bonds. The normalized spacial score (nSPS) is 11.0. The monoisotopic (exact) mass is 383 g/mol. The van der Waals surface area contributed by atoms with Crippen LogP contribution in [0.1, 0.15) is 18.4 Å². The van der Waals surface area contributed by atoms with Crippen LogP contribution in [0.15, 0.2) is 72.8 Å². The number of fused-ring (bicyclic) bond motifs is 2. The Labute approximate surface area is 171 Å². The summed E-state index contributed by atoms with van der Waals surface area (Å²) in [7, 11) is 3.60. The highest BCUT2D eigenvalue weighted by molar-refractivity contribution is 6.08. The van der Waals surface area contributed by atoms with Gasteiger partial charge in [-0.15, -0.1) is 0 Å². The second-order valence-corrected chi connectivity index (χ2v) is 7.48. The standard InChI is InChI=1S/C25H25N3O/c1-28(2)24(29)13-7-8-18-14-16-19(17-15-18)26-25-20-9-3-5-11-22(20)27-23-12-6-4-10-21(23)25/h3-6,9-12,14-17H,7-8,13H2,1-2H3,(H,26,27). The van der Waals surface area contributed by atoms with Crippen molar-refractivity contribution >= 4 is 39.1 Å². The predicted molar refractivity (Wildman–Crippen MR) is 121 cm³/mol. The van der Waals surface area contributed by atoms with Crippen molar-refractivity contribution in [2.45, 2.75) is 19.3 Å². The molecule has 1 aromatic heterocycles. The van der Waals surface area contributed by atoms with Crippen LogP contribution < -0.4 is 5.32 Å². The van der Waals surface area contributed by atoms with Crippen LogP contribution in [0.25, 0.3) is 21.8 Å². The molecule has 1 N–H and O–H groups in total. The van der Waals surface area contributed by atoms with Gasteiger partial charge in [0.05, 0.1) is 16.7 Å². The SMILES string of the molecule is CN(C)C(=O)CCCc1ccc(Nc2c3ccccc3nc3ccccc23)cc1. The molecule has 0 saturated carbocycles. The average Bonchev–Trinajstić information content (AvgIpc) is 2.74. The fourth-order valence-electron chi connectivity index (χ4n) is 3.54. The zero-order valence-corrected chi connectivity index (χ0v) is 16.9. The lowest BCUT2D eigenvalue weighted by Gasteiger charge is -2.14. The molecule has 4 nitrogen and oxygen atoms in total. The van der Waals surface area contributed by atoms with E-state index in [9.17, 15) is 4.79 Å². The number of aryl methyl sites for hydroxylation is 1. The van der Waals surface area contributed by atoms with Crippen molar-refractivity contribution in [2.24, 2.45) is 0 Å². The molecule has 4 aromatic rings. The number of carbonyl (C=O) groups is 1. The first-order chi connectivity index (χ1) is 14.1. The zero-order valence-electron chi connectivity index (χ0n) is 16.9. The molecule has 1 heterocycles. The van der Waals surface area contributed by atoms with Gasteiger partial charge in [-0.1, -0.05) is 48.5 Å². The van der Waals surface area contributed by atoms with Gasteiger partial charge in [0.25, 0.3) is 0 Å². The molecule has 0 unspecified atom stereocenters. The Bertz CT molecular complexity index is 1100. The van der Waals surface area contributed by atoms with Crippen molar-refractivity contribution in [3.8, 4) is 0 Å². The number of benzene rings is 3. The largest absolute Gasteiger partial charge is 0.354 e. The number of para-hydroxylation sites is 2. The molecule has 0 bridgehead atoms. The van der Waals surface area contributed by atoms with Crippen LogP contribution in [0.5, 0.6) is 0 Å². The van der Waals surface area contributed by atoms with E-state index >= 15 is 0 Å². The first kappa shape index (κ1) is 18.9. The molecular formula is C25H25N3O. The van der Waals surface area contributed by atoms with E-state index in [4.69, 9.17) is 4.98 Å². The van der Waals surface area contributed by atoms with Crippen molar-refractivity contribution < 1.29 is 4.79 Å². The molecule has 0 aliphatic rings. The fraction of sp³-hybridized carbons (Fsp3) is 0.200. The smallest absolute Gasteiger partial charge is 0.222 e. The van der Waals surface area contributed by atoms with Gasteiger partial charge < -0.3 is 10.2 Å². The lowest BCUT2D eigenvalue weighted by atomic mass is 10.1. The number of pyridine rings is 1. The Hall–Kier alpha value is -3.40. The molecule has 4 heteroatoms. The second kappa shape index (κ2) is 8.31. The quantitative estimate of drug-likeness (QED) is 0.445. The van der Waals surface area contributed by atoms with Gasteiger partial charge in [0.15, 0.2) is 0 Å². The molecule has 0 atom stereocenters. The highest BCUT2D eigenvalue weighted by Crippen LogP contribution is 2.33. The minimum absolute atomic E-state index is 0.180. The topological polar surface area (TPSA) is 45.2 Å². The maximum atomic E-state index is 11.7. The average molecular weight is 383 g/mol. The van der Waals surface area contributed by atoms with Gasteiger partial charge in [-0.25, -0.2) is 4.98 Å². The highest BCUT2D eigenvalue weighted by Gasteiger charge is 2.09. The Kier molecular flexibility index (Phi) is 5.43. The summed E-state index contributed by atoms with van der Waals surface area (Å²) in [5, 5.41) is 5.82. The van der Waals surface area contributed by atoms with Crippen molar-refractivity contribution in [3.05, 3.63) is 78.4 Å². The summed E-state index contributed by atoms with van der Waals surface area (Å²) in [5.74, 6) is 0.180. The minimum Gasteiger partial charge on any atom is -0.354 e. The highest BCUT2D eigenvalue weighted by atomic mass is 16.2. The predicted octanol–water partition coefficient (Wildman–Crippen LogP) is 5.54. The van der Waals surface area contributed by atoms with Crippen molar-refractivity contribution in [3.63, 3.8) is 0 Å². The zero-order chi connectivity index (χ0) is 20.2. The summed E-state index contributed by atoms with van der Waals surface area (Å²) in [5.41, 5.74) is 5.33. The first-order valence-electron chi connectivity index (χ1n) is 9.95. The van der Waals surface area contributed by atoms with E-state index < -0.39 is 0 Å². The molecule has 146 valence electrons. The molecular weight excluding hydrogens is 358 g/mol. The van der Waals surface area contributed by atoms with Crippen LogP contribution >= 0.6 is 0 Å². The second-order valence-electron chi connectivity index (χ2n) is 7.48. The van der Waals surface area contributed by atoms with E-state index in [-0.39, 0.29) is 5.91 Å². The van der Waals surface area contributed by atoms with Crippen LogP contribution in [-0.2, 0) is 11.2 Å². The summed E-state index contributed by atoms with van der Waals surface area (Å²) >= 11 is 0. The molecule has 0 radical (unpaired) electrons. The number of carbonyl (C=O) groups excluding carboxylic acids is 1. The maximum absolute atomic E-state index is 11.7. The Morgan fingerprint density at radius 2 is 1.45 bits per heavy atom. The van der Waals surface area contributed by atoms with Crippen molar-refractivity contribution in [2.75, 3.05) is 19.4 Å². The minimum atomic E-state index is 0.180. The summed E-state index contributed by atoms with van der Waals surface area (Å²) in [6.07, 6.45) is 2.35. The van der Waals surface area contributed by atoms with Crippen LogP contribution in [0.3, 0.4) is 0 Å². The number of hydrogen-bond donors (Lipinski definition) is 1. The number of aromatic nitrogens is 1. The number of nitrogens with zero attached hydrogens (tertiary/aromatic N) is 2. The van der Waals surface area contributed by atoms with Crippen LogP contribution in [0.2, 0.25) is 0 Å². The van der Waals surface area contributed by atoms with E-state index in [0.717, 1.165) is 46.0 Å². The van der Waals surface area contributed by atoms with Crippen molar-refractivity contribution in [1.29, 1.82) is 0 Å². The first-order valence-corrected chi connectivity index (χ1v) is 9.95. The molecule has 3 aromatic carbocycles. The van der Waals surface area contributed by atoms with Crippen molar-refractivity contribution in [1.82, 2.24) is 9.88 Å². The number of hydrogen-bond acceptors (Lipinski definition) is 3. The molecule has 4 rings (SSSR count). The molecule has 29 heavy (non-hydrogen) atoms. The van der Waals surface area contributed by atoms with E-state index in [2.05, 4.69) is 41.7 Å². The Morgan fingerprint density at radius 3 is 2.03 bits per heavy atom. The lowest BCUT2D eigenvalue weighted by molar-refractivity contribution is -0.128. The van der Waals surface area contributed by atoms with Crippen LogP contribution in [0, 0.1) is 0 Å². The maximum Gasteiger partial charge on any atom is 0.222 e. The summed E-state index contributed by atoms with van der Waals surface area (Å²) in [6.45, 7) is 0. The molecule has 0 aliphatic carbocycles. The number of anilines is 2. The number of rotatable bonds is 6. The fourth-order valence-corrected chi connectivity index (χ4v) is 3.54. The third kappa shape index (κ3) is 4.21.